The van der Waals surface area contributed by atoms with Crippen molar-refractivity contribution in [3.8, 4) is 0 Å². The number of aliphatic hydroxyl groups is 1. The molecule has 5 nitrogen and oxygen atoms in total. The molecule has 0 radical (unpaired) electrons. The van der Waals surface area contributed by atoms with Crippen LogP contribution in [0.15, 0.2) is 6.20 Å². The summed E-state index contributed by atoms with van der Waals surface area (Å²) < 4.78 is 3.57. The summed E-state index contributed by atoms with van der Waals surface area (Å²) in [4.78, 5) is 11.8. The van der Waals surface area contributed by atoms with Crippen molar-refractivity contribution in [1.82, 2.24) is 14.9 Å². The maximum Gasteiger partial charge on any atom is 0.265 e. The number of aromatic nitrogens is 2. The topological polar surface area (TPSA) is 75.1 Å². The van der Waals surface area contributed by atoms with E-state index in [0.717, 1.165) is 11.5 Å². The molecule has 0 spiro atoms. The van der Waals surface area contributed by atoms with Crippen molar-refractivity contribution >= 4 is 17.4 Å². The molecular weight excluding hydrogens is 190 g/mol. The Kier molecular flexibility index (Phi) is 2.94. The van der Waals surface area contributed by atoms with E-state index in [2.05, 4.69) is 14.9 Å². The van der Waals surface area contributed by atoms with Crippen molar-refractivity contribution in [3.05, 3.63) is 11.1 Å². The van der Waals surface area contributed by atoms with Gasteiger partial charge in [0.15, 0.2) is 0 Å². The highest BCUT2D eigenvalue weighted by Gasteiger charge is 2.20. The van der Waals surface area contributed by atoms with Crippen molar-refractivity contribution < 1.29 is 9.90 Å². The lowest BCUT2D eigenvalue weighted by Gasteiger charge is -2.22. The number of carbonyl (C=O) groups excluding carboxylic acids is 1. The van der Waals surface area contributed by atoms with Crippen molar-refractivity contribution in [1.29, 1.82) is 0 Å². The fraction of sp³-hybridized carbons (Fsp3) is 0.571. The van der Waals surface area contributed by atoms with Crippen molar-refractivity contribution in [2.45, 2.75) is 19.4 Å². The lowest BCUT2D eigenvalue weighted by Crippen LogP contribution is -2.46. The Morgan fingerprint density at radius 1 is 1.77 bits per heavy atom. The van der Waals surface area contributed by atoms with Crippen LogP contribution in [0.5, 0.6) is 0 Å². The molecule has 13 heavy (non-hydrogen) atoms. The molecule has 0 aromatic carbocycles. The molecule has 0 bridgehead atoms. The van der Waals surface area contributed by atoms with Crippen LogP contribution in [-0.2, 0) is 0 Å². The normalized spacial score (nSPS) is 11.3. The zero-order valence-corrected chi connectivity index (χ0v) is 8.26. The number of rotatable bonds is 3. The molecule has 72 valence electrons. The zero-order valence-electron chi connectivity index (χ0n) is 7.44. The zero-order chi connectivity index (χ0) is 9.90. The van der Waals surface area contributed by atoms with Gasteiger partial charge in [-0.05, 0) is 25.4 Å². The van der Waals surface area contributed by atoms with Crippen molar-refractivity contribution in [2.24, 2.45) is 0 Å². The largest absolute Gasteiger partial charge is 0.394 e. The fourth-order valence-corrected chi connectivity index (χ4v) is 1.09. The molecule has 0 saturated heterocycles. The third-order valence-electron chi connectivity index (χ3n) is 1.43. The van der Waals surface area contributed by atoms with Crippen LogP contribution in [0.2, 0.25) is 0 Å². The van der Waals surface area contributed by atoms with Crippen LogP contribution in [0.1, 0.15) is 23.5 Å². The van der Waals surface area contributed by atoms with Crippen LogP contribution in [0.3, 0.4) is 0 Å². The second-order valence-electron chi connectivity index (χ2n) is 3.28. The Morgan fingerprint density at radius 2 is 2.46 bits per heavy atom. The molecule has 1 amide bonds. The number of carbonyl (C=O) groups is 1. The first-order valence-electron chi connectivity index (χ1n) is 3.76. The van der Waals surface area contributed by atoms with Gasteiger partial charge >= 0.3 is 0 Å². The van der Waals surface area contributed by atoms with Gasteiger partial charge in [0.1, 0.15) is 4.88 Å². The second kappa shape index (κ2) is 3.80. The van der Waals surface area contributed by atoms with Gasteiger partial charge in [-0.1, -0.05) is 4.49 Å². The summed E-state index contributed by atoms with van der Waals surface area (Å²) in [6.45, 7) is 3.36. The maximum absolute atomic E-state index is 11.4. The van der Waals surface area contributed by atoms with E-state index in [1.54, 1.807) is 13.8 Å². The van der Waals surface area contributed by atoms with Gasteiger partial charge in [0, 0.05) is 0 Å². The molecule has 0 aliphatic heterocycles. The van der Waals surface area contributed by atoms with Crippen molar-refractivity contribution in [3.63, 3.8) is 0 Å². The molecule has 1 aromatic rings. The molecular formula is C7H11N3O2S. The number of hydrogen-bond acceptors (Lipinski definition) is 5. The Balaban J connectivity index is 2.61. The van der Waals surface area contributed by atoms with Gasteiger partial charge in [-0.3, -0.25) is 4.79 Å². The Hall–Kier alpha value is -1.01. The average molecular weight is 201 g/mol. The summed E-state index contributed by atoms with van der Waals surface area (Å²) in [5.74, 6) is -0.256. The van der Waals surface area contributed by atoms with Gasteiger partial charge in [-0.2, -0.15) is 0 Å². The van der Waals surface area contributed by atoms with Gasteiger partial charge < -0.3 is 10.4 Å². The molecule has 2 N–H and O–H groups in total. The third-order valence-corrected chi connectivity index (χ3v) is 2.10. The summed E-state index contributed by atoms with van der Waals surface area (Å²) in [6, 6.07) is 0. The van der Waals surface area contributed by atoms with Gasteiger partial charge in [-0.25, -0.2) is 0 Å². The summed E-state index contributed by atoms with van der Waals surface area (Å²) in [6.07, 6.45) is 1.40. The number of nitrogens with zero attached hydrogens (tertiary/aromatic N) is 2. The fourth-order valence-electron chi connectivity index (χ4n) is 0.676. The minimum Gasteiger partial charge on any atom is -0.394 e. The Labute approximate surface area is 80.0 Å². The van der Waals surface area contributed by atoms with Crippen molar-refractivity contribution in [2.75, 3.05) is 6.61 Å². The first-order valence-corrected chi connectivity index (χ1v) is 4.53. The predicted octanol–water partition coefficient (Wildman–Crippen LogP) is 0.0388. The van der Waals surface area contributed by atoms with Gasteiger partial charge in [0.25, 0.3) is 5.91 Å². The predicted molar refractivity (Wildman–Crippen MR) is 48.5 cm³/mol. The van der Waals surface area contributed by atoms with E-state index in [1.165, 1.54) is 6.20 Å². The van der Waals surface area contributed by atoms with E-state index in [4.69, 9.17) is 5.11 Å². The summed E-state index contributed by atoms with van der Waals surface area (Å²) in [5, 5.41) is 15.1. The van der Waals surface area contributed by atoms with E-state index in [9.17, 15) is 4.79 Å². The molecule has 0 atom stereocenters. The highest BCUT2D eigenvalue weighted by molar-refractivity contribution is 7.07. The minimum absolute atomic E-state index is 0.106. The molecule has 6 heteroatoms. The van der Waals surface area contributed by atoms with Crippen LogP contribution >= 0.6 is 11.5 Å². The molecule has 0 aliphatic carbocycles. The second-order valence-corrected chi connectivity index (χ2v) is 4.06. The first-order chi connectivity index (χ1) is 6.05. The molecule has 1 rings (SSSR count). The number of amides is 1. The number of aliphatic hydroxyl groups excluding tert-OH is 1. The van der Waals surface area contributed by atoms with Crippen LogP contribution in [0.4, 0.5) is 0 Å². The van der Waals surface area contributed by atoms with Crippen LogP contribution in [0, 0.1) is 0 Å². The van der Waals surface area contributed by atoms with Gasteiger partial charge in [-0.15, -0.1) is 5.10 Å². The highest BCUT2D eigenvalue weighted by Crippen LogP contribution is 2.06. The average Bonchev–Trinajstić information content (AvgIpc) is 2.55. The molecule has 0 aliphatic rings. The van der Waals surface area contributed by atoms with Crippen LogP contribution in [0.25, 0.3) is 0 Å². The van der Waals surface area contributed by atoms with E-state index in [0.29, 0.717) is 4.88 Å². The smallest absolute Gasteiger partial charge is 0.265 e. The molecule has 0 fully saturated rings. The van der Waals surface area contributed by atoms with Gasteiger partial charge in [0.2, 0.25) is 0 Å². The Bertz CT molecular complexity index is 284. The molecule has 0 unspecified atom stereocenters. The number of nitrogens with one attached hydrogen (secondary N) is 1. The van der Waals surface area contributed by atoms with Gasteiger partial charge in [0.05, 0.1) is 18.3 Å². The van der Waals surface area contributed by atoms with E-state index in [1.807, 2.05) is 0 Å². The highest BCUT2D eigenvalue weighted by atomic mass is 32.1. The standard InChI is InChI=1S/C7H11N3O2S/c1-7(2,4-11)9-6(12)5-3-8-10-13-5/h3,11H,4H2,1-2H3,(H,9,12). The molecule has 0 saturated carbocycles. The minimum atomic E-state index is -0.610. The van der Waals surface area contributed by atoms with Crippen LogP contribution < -0.4 is 5.32 Å². The first kappa shape index (κ1) is 10.1. The summed E-state index contributed by atoms with van der Waals surface area (Å²) >= 11 is 1.03. The lowest BCUT2D eigenvalue weighted by atomic mass is 10.1. The molecule has 1 aromatic heterocycles. The SMILES string of the molecule is CC(C)(CO)NC(=O)c1cnns1. The quantitative estimate of drug-likeness (QED) is 0.724. The summed E-state index contributed by atoms with van der Waals surface area (Å²) in [7, 11) is 0. The van der Waals surface area contributed by atoms with E-state index < -0.39 is 5.54 Å². The molecule has 1 heterocycles. The third kappa shape index (κ3) is 2.74. The monoisotopic (exact) mass is 201 g/mol. The van der Waals surface area contributed by atoms with E-state index >= 15 is 0 Å². The van der Waals surface area contributed by atoms with Crippen LogP contribution in [-0.4, -0.2) is 32.7 Å². The lowest BCUT2D eigenvalue weighted by molar-refractivity contribution is 0.0873. The summed E-state index contributed by atoms with van der Waals surface area (Å²) in [5.41, 5.74) is -0.610. The Morgan fingerprint density at radius 3 is 2.92 bits per heavy atom. The number of hydrogen-bond donors (Lipinski definition) is 2. The van der Waals surface area contributed by atoms with E-state index in [-0.39, 0.29) is 12.5 Å². The maximum atomic E-state index is 11.4.